The Labute approximate surface area is 106 Å². The second kappa shape index (κ2) is 5.34. The van der Waals surface area contributed by atoms with Crippen LogP contribution in [-0.4, -0.2) is 35.5 Å². The molecule has 1 aromatic heterocycles. The smallest absolute Gasteiger partial charge is 0.259 e. The second-order valence-corrected chi connectivity index (χ2v) is 6.06. The molecule has 0 radical (unpaired) electrons. The van der Waals surface area contributed by atoms with Crippen molar-refractivity contribution in [3.63, 3.8) is 0 Å². The van der Waals surface area contributed by atoms with Gasteiger partial charge in [-0.1, -0.05) is 11.6 Å². The number of aliphatic hydroxyl groups is 1. The average Bonchev–Trinajstić information content (AvgIpc) is 2.43. The predicted molar refractivity (Wildman–Crippen MR) is 64.3 cm³/mol. The normalized spacial score (nSPS) is 15.8. The highest BCUT2D eigenvalue weighted by molar-refractivity contribution is 7.89. The van der Waals surface area contributed by atoms with Crippen LogP contribution in [0.15, 0.2) is 11.2 Å². The maximum atomic E-state index is 12.0. The molecule has 1 rings (SSSR count). The van der Waals surface area contributed by atoms with Crippen LogP contribution in [0.1, 0.15) is 20.3 Å². The SMILES string of the molecule is CC(O)CC(C)NS(=O)(=O)c1c(Cl)cnn1C. The minimum atomic E-state index is -3.72. The molecule has 0 aliphatic rings. The topological polar surface area (TPSA) is 84.2 Å². The Kier molecular flexibility index (Phi) is 4.54. The van der Waals surface area contributed by atoms with Crippen LogP contribution in [0.3, 0.4) is 0 Å². The van der Waals surface area contributed by atoms with Gasteiger partial charge < -0.3 is 5.11 Å². The molecule has 0 bridgehead atoms. The summed E-state index contributed by atoms with van der Waals surface area (Å²) in [6, 6.07) is -0.383. The fourth-order valence-corrected chi connectivity index (χ4v) is 3.49. The van der Waals surface area contributed by atoms with Gasteiger partial charge in [0.2, 0.25) is 0 Å². The first-order chi connectivity index (χ1) is 7.74. The number of aromatic nitrogens is 2. The van der Waals surface area contributed by atoms with E-state index >= 15 is 0 Å². The Morgan fingerprint density at radius 2 is 2.18 bits per heavy atom. The molecule has 1 aromatic rings. The molecule has 0 amide bonds. The highest BCUT2D eigenvalue weighted by atomic mass is 35.5. The molecule has 0 saturated heterocycles. The van der Waals surface area contributed by atoms with Gasteiger partial charge in [-0.3, -0.25) is 4.68 Å². The molecule has 0 saturated carbocycles. The molecule has 0 aliphatic carbocycles. The lowest BCUT2D eigenvalue weighted by atomic mass is 10.2. The first-order valence-electron chi connectivity index (χ1n) is 5.12. The van der Waals surface area contributed by atoms with Gasteiger partial charge in [0.15, 0.2) is 5.03 Å². The van der Waals surface area contributed by atoms with E-state index in [2.05, 4.69) is 9.82 Å². The number of hydrogen-bond donors (Lipinski definition) is 2. The molecular weight excluding hydrogens is 266 g/mol. The standard InChI is InChI=1S/C9H16ClN3O3S/c1-6(4-7(2)14)12-17(15,16)9-8(10)5-11-13(9)3/h5-7,12,14H,4H2,1-3H3. The van der Waals surface area contributed by atoms with Crippen LogP contribution in [-0.2, 0) is 17.1 Å². The molecule has 2 unspecified atom stereocenters. The Balaban J connectivity index is 2.90. The lowest BCUT2D eigenvalue weighted by Gasteiger charge is -2.15. The fourth-order valence-electron chi connectivity index (χ4n) is 1.58. The number of nitrogens with zero attached hydrogens (tertiary/aromatic N) is 2. The van der Waals surface area contributed by atoms with Crippen molar-refractivity contribution in [1.82, 2.24) is 14.5 Å². The van der Waals surface area contributed by atoms with Gasteiger partial charge in [-0.25, -0.2) is 13.1 Å². The average molecular weight is 282 g/mol. The predicted octanol–water partition coefficient (Wildman–Crippen LogP) is 0.511. The van der Waals surface area contributed by atoms with Crippen molar-refractivity contribution in [1.29, 1.82) is 0 Å². The summed E-state index contributed by atoms with van der Waals surface area (Å²) < 4.78 is 27.6. The van der Waals surface area contributed by atoms with E-state index < -0.39 is 16.1 Å². The van der Waals surface area contributed by atoms with Gasteiger partial charge in [-0.05, 0) is 20.3 Å². The van der Waals surface area contributed by atoms with E-state index in [1.54, 1.807) is 13.8 Å². The lowest BCUT2D eigenvalue weighted by Crippen LogP contribution is -2.35. The monoisotopic (exact) mass is 281 g/mol. The zero-order valence-corrected chi connectivity index (χ0v) is 11.5. The zero-order valence-electron chi connectivity index (χ0n) is 9.88. The quantitative estimate of drug-likeness (QED) is 0.824. The second-order valence-electron chi connectivity index (χ2n) is 4.03. The molecule has 0 aromatic carbocycles. The number of halogens is 1. The summed E-state index contributed by atoms with van der Waals surface area (Å²) in [5.41, 5.74) is 0. The maximum absolute atomic E-state index is 12.0. The van der Waals surface area contributed by atoms with Crippen LogP contribution >= 0.6 is 11.6 Å². The van der Waals surface area contributed by atoms with E-state index in [1.165, 1.54) is 17.9 Å². The summed E-state index contributed by atoms with van der Waals surface area (Å²) in [5, 5.41) is 12.9. The van der Waals surface area contributed by atoms with Crippen molar-refractivity contribution in [2.24, 2.45) is 7.05 Å². The molecule has 6 nitrogen and oxygen atoms in total. The van der Waals surface area contributed by atoms with Gasteiger partial charge in [0, 0.05) is 13.1 Å². The van der Waals surface area contributed by atoms with Crippen molar-refractivity contribution < 1.29 is 13.5 Å². The lowest BCUT2D eigenvalue weighted by molar-refractivity contribution is 0.175. The molecule has 0 spiro atoms. The van der Waals surface area contributed by atoms with Crippen molar-refractivity contribution >= 4 is 21.6 Å². The van der Waals surface area contributed by atoms with E-state index in [0.29, 0.717) is 6.42 Å². The first-order valence-corrected chi connectivity index (χ1v) is 6.98. The molecular formula is C9H16ClN3O3S. The third-order valence-electron chi connectivity index (χ3n) is 2.15. The zero-order chi connectivity index (χ0) is 13.2. The van der Waals surface area contributed by atoms with Crippen LogP contribution in [0.5, 0.6) is 0 Å². The number of aryl methyl sites for hydroxylation is 1. The van der Waals surface area contributed by atoms with Crippen molar-refractivity contribution in [2.75, 3.05) is 0 Å². The van der Waals surface area contributed by atoms with Crippen LogP contribution in [0.2, 0.25) is 5.02 Å². The Bertz CT molecular complexity index is 464. The number of rotatable bonds is 5. The summed E-state index contributed by atoms with van der Waals surface area (Å²) in [5.74, 6) is 0. The van der Waals surface area contributed by atoms with E-state index in [1.807, 2.05) is 0 Å². The number of hydrogen-bond acceptors (Lipinski definition) is 4. The van der Waals surface area contributed by atoms with Crippen molar-refractivity contribution in [3.8, 4) is 0 Å². The Hall–Kier alpha value is -0.630. The number of aliphatic hydroxyl groups excluding tert-OH is 1. The van der Waals surface area contributed by atoms with Gasteiger partial charge in [0.1, 0.15) is 0 Å². The molecule has 2 atom stereocenters. The van der Waals surface area contributed by atoms with Crippen LogP contribution in [0.4, 0.5) is 0 Å². The minimum Gasteiger partial charge on any atom is -0.393 e. The number of sulfonamides is 1. The van der Waals surface area contributed by atoms with Gasteiger partial charge in [0.25, 0.3) is 10.0 Å². The summed E-state index contributed by atoms with van der Waals surface area (Å²) in [7, 11) is -2.22. The third kappa shape index (κ3) is 3.67. The molecule has 17 heavy (non-hydrogen) atoms. The minimum absolute atomic E-state index is 0.0726. The molecule has 8 heteroatoms. The van der Waals surface area contributed by atoms with Crippen LogP contribution < -0.4 is 4.72 Å². The first kappa shape index (κ1) is 14.4. The molecule has 0 aliphatic heterocycles. The highest BCUT2D eigenvalue weighted by Crippen LogP contribution is 2.20. The molecule has 1 heterocycles. The van der Waals surface area contributed by atoms with Gasteiger partial charge in [-0.2, -0.15) is 5.10 Å². The van der Waals surface area contributed by atoms with E-state index in [4.69, 9.17) is 11.6 Å². The van der Waals surface area contributed by atoms with E-state index in [-0.39, 0.29) is 16.1 Å². The summed E-state index contributed by atoms with van der Waals surface area (Å²) in [6.45, 7) is 3.27. The van der Waals surface area contributed by atoms with Crippen molar-refractivity contribution in [2.45, 2.75) is 37.4 Å². The molecule has 98 valence electrons. The van der Waals surface area contributed by atoms with Gasteiger partial charge in [0.05, 0.1) is 17.3 Å². The summed E-state index contributed by atoms with van der Waals surface area (Å²) in [6.07, 6.45) is 1.03. The fraction of sp³-hybridized carbons (Fsp3) is 0.667. The van der Waals surface area contributed by atoms with E-state index in [0.717, 1.165) is 0 Å². The third-order valence-corrected chi connectivity index (χ3v) is 4.24. The summed E-state index contributed by atoms with van der Waals surface area (Å²) >= 11 is 5.77. The van der Waals surface area contributed by atoms with Crippen molar-refractivity contribution in [3.05, 3.63) is 11.2 Å². The van der Waals surface area contributed by atoms with Gasteiger partial charge in [-0.15, -0.1) is 0 Å². The van der Waals surface area contributed by atoms with Gasteiger partial charge >= 0.3 is 0 Å². The Morgan fingerprint density at radius 3 is 2.59 bits per heavy atom. The van der Waals surface area contributed by atoms with E-state index in [9.17, 15) is 13.5 Å². The summed E-state index contributed by atoms with van der Waals surface area (Å²) in [4.78, 5) is 0. The van der Waals surface area contributed by atoms with Crippen LogP contribution in [0.25, 0.3) is 0 Å². The molecule has 0 fully saturated rings. The largest absolute Gasteiger partial charge is 0.393 e. The number of nitrogens with one attached hydrogen (secondary N) is 1. The molecule has 2 N–H and O–H groups in total. The maximum Gasteiger partial charge on any atom is 0.259 e. The van der Waals surface area contributed by atoms with Crippen LogP contribution in [0, 0.1) is 0 Å². The Morgan fingerprint density at radius 1 is 1.59 bits per heavy atom. The highest BCUT2D eigenvalue weighted by Gasteiger charge is 2.24.